The summed E-state index contributed by atoms with van der Waals surface area (Å²) in [5.41, 5.74) is 0. The maximum Gasteiger partial charge on any atom is 0.237 e. The van der Waals surface area contributed by atoms with Gasteiger partial charge in [-0.2, -0.15) is 15.8 Å². The van der Waals surface area contributed by atoms with Crippen molar-refractivity contribution in [3.05, 3.63) is 0 Å². The normalized spacial score (nSPS) is 6.50. The maximum atomic E-state index is 7.77. The van der Waals surface area contributed by atoms with E-state index in [1.807, 2.05) is 0 Å². The topological polar surface area (TPSA) is 20.2 Å². The van der Waals surface area contributed by atoms with E-state index < -0.39 is 0 Å². The molecule has 0 bridgehead atoms. The lowest BCUT2D eigenvalue weighted by atomic mass is 10.2. The van der Waals surface area contributed by atoms with E-state index in [0.717, 1.165) is 0 Å². The highest BCUT2D eigenvalue weighted by Crippen LogP contribution is 1.64. The quantitative estimate of drug-likeness (QED) is 0.483. The second kappa shape index (κ2) is 3.50. The minimum Gasteiger partial charge on any atom is -0.404 e. The van der Waals surface area contributed by atoms with E-state index in [9.17, 15) is 0 Å². The summed E-state index contributed by atoms with van der Waals surface area (Å²) in [4.78, 5) is 0. The molecule has 3 heteroatoms. The van der Waals surface area contributed by atoms with Gasteiger partial charge in [-0.25, -0.2) is 0 Å². The Bertz CT molecular complexity index is 10.0. The zero-order valence-corrected chi connectivity index (χ0v) is 3.70. The zero-order valence-electron chi connectivity index (χ0n) is 2.11. The highest BCUT2D eigenvalue weighted by Gasteiger charge is 1.66. The molecular weight excluding hydrogens is 119 g/mol. The molecule has 1 N–H and O–H groups in total. The van der Waals surface area contributed by atoms with E-state index in [-0.39, 0.29) is 6.51 Å². The van der Waals surface area contributed by atoms with Crippen LogP contribution >= 0.6 is 15.8 Å². The molecule has 23 valence electrons. The molecule has 0 aromatic rings. The van der Waals surface area contributed by atoms with E-state index >= 15 is 0 Å². The maximum absolute atomic E-state index is 7.77. The summed E-state index contributed by atoms with van der Waals surface area (Å²) in [6, 6.07) is 0. The van der Waals surface area contributed by atoms with Gasteiger partial charge in [0.25, 0.3) is 0 Å². The highest BCUT2D eigenvalue weighted by molar-refractivity contribution is 9.23. The summed E-state index contributed by atoms with van der Waals surface area (Å²) >= 11 is 2.87. The van der Waals surface area contributed by atoms with Crippen LogP contribution in [0.1, 0.15) is 0 Å². The molecule has 0 aliphatic carbocycles. The lowest BCUT2D eigenvalue weighted by Gasteiger charge is -1.63. The second-order valence-electron chi connectivity index (χ2n) is 0.337. The summed E-state index contributed by atoms with van der Waals surface area (Å²) in [7, 11) is 0. The zero-order chi connectivity index (χ0) is 3.41. The molecule has 0 aromatic carbocycles. The van der Waals surface area contributed by atoms with Crippen LogP contribution in [0, 0.1) is 0 Å². The molecule has 1 radical (unpaired) electrons. The second-order valence-corrected chi connectivity index (χ2v) is 0.984. The average Bonchev–Trinajstić information content (AvgIpc) is 1.37. The van der Waals surface area contributed by atoms with Crippen LogP contribution in [0.25, 0.3) is 0 Å². The van der Waals surface area contributed by atoms with Gasteiger partial charge >= 0.3 is 0 Å². The lowest BCUT2D eigenvalue weighted by Crippen LogP contribution is -1.81. The van der Waals surface area contributed by atoms with Gasteiger partial charge in [0.1, 0.15) is 0 Å². The van der Waals surface area contributed by atoms with E-state index in [0.29, 0.717) is 0 Å². The fraction of sp³-hybridized carbons (Fsp3) is 1.00. The Morgan fingerprint density at radius 3 is 2.25 bits per heavy atom. The molecule has 0 fully saturated rings. The van der Waals surface area contributed by atoms with Crippen molar-refractivity contribution in [2.75, 3.05) is 6.51 Å². The molecule has 0 aliphatic rings. The summed E-state index contributed by atoms with van der Waals surface area (Å²) < 4.78 is 0. The van der Waals surface area contributed by atoms with Gasteiger partial charge in [0.2, 0.25) is 6.10 Å². The van der Waals surface area contributed by atoms with Crippen LogP contribution in [0.2, 0.25) is 0 Å². The Balaban J connectivity index is 1.97. The molecule has 0 rings (SSSR count). The first kappa shape index (κ1) is 4.50. The van der Waals surface area contributed by atoms with Crippen LogP contribution in [0.15, 0.2) is 0 Å². The van der Waals surface area contributed by atoms with Crippen molar-refractivity contribution in [1.29, 1.82) is 0 Å². The van der Waals surface area contributed by atoms with Crippen molar-refractivity contribution in [1.82, 2.24) is 0 Å². The number of hydrogen-bond acceptors (Lipinski definition) is 1. The summed E-state index contributed by atoms with van der Waals surface area (Å²) in [6.45, 7) is 0.111. The van der Waals surface area contributed by atoms with Gasteiger partial charge in [-0.05, 0) is 0 Å². The Labute approximate surface area is 34.2 Å². The van der Waals surface area contributed by atoms with Crippen molar-refractivity contribution in [2.45, 2.75) is 0 Å². The van der Waals surface area contributed by atoms with Crippen molar-refractivity contribution in [3.63, 3.8) is 0 Å². The SMILES string of the molecule is OC[B]Br. The predicted molar refractivity (Wildman–Crippen MR) is 21.8 cm³/mol. The smallest absolute Gasteiger partial charge is 0.237 e. The minimum atomic E-state index is 0.111. The fourth-order valence-corrected chi connectivity index (χ4v) is 0. The van der Waals surface area contributed by atoms with Crippen molar-refractivity contribution < 1.29 is 5.11 Å². The van der Waals surface area contributed by atoms with E-state index in [2.05, 4.69) is 15.8 Å². The Hall–Kier alpha value is 0.505. The largest absolute Gasteiger partial charge is 0.404 e. The molecule has 0 aromatic heterocycles. The molecule has 0 saturated carbocycles. The van der Waals surface area contributed by atoms with Crippen LogP contribution in [0.3, 0.4) is 0 Å². The van der Waals surface area contributed by atoms with Crippen LogP contribution in [0.4, 0.5) is 0 Å². The molecule has 0 heterocycles. The van der Waals surface area contributed by atoms with Gasteiger partial charge < -0.3 is 5.11 Å². The van der Waals surface area contributed by atoms with Crippen molar-refractivity contribution in [3.8, 4) is 0 Å². The number of aliphatic hydroxyl groups is 1. The Morgan fingerprint density at radius 2 is 2.25 bits per heavy atom. The van der Waals surface area contributed by atoms with E-state index in [1.165, 1.54) is 6.10 Å². The molecule has 0 saturated heterocycles. The summed E-state index contributed by atoms with van der Waals surface area (Å²) in [6.07, 6.45) is 1.49. The number of aliphatic hydroxyl groups excluding tert-OH is 1. The van der Waals surface area contributed by atoms with Crippen molar-refractivity contribution in [2.24, 2.45) is 0 Å². The highest BCUT2D eigenvalue weighted by atomic mass is 79.9. The van der Waals surface area contributed by atoms with Gasteiger partial charge in [0.05, 0.1) is 0 Å². The van der Waals surface area contributed by atoms with E-state index in [4.69, 9.17) is 5.11 Å². The third-order valence-electron chi connectivity index (χ3n) is 0.0690. The predicted octanol–water partition coefficient (Wildman–Crippen LogP) is -0.0497. The molecule has 0 aliphatic heterocycles. The molecule has 0 unspecified atom stereocenters. The average molecular weight is 122 g/mol. The minimum absolute atomic E-state index is 0.111. The summed E-state index contributed by atoms with van der Waals surface area (Å²) in [5.74, 6) is 0. The molecule has 0 amide bonds. The third-order valence-corrected chi connectivity index (χ3v) is 0.359. The van der Waals surface area contributed by atoms with Gasteiger partial charge in [0, 0.05) is 6.51 Å². The molecule has 0 spiro atoms. The summed E-state index contributed by atoms with van der Waals surface area (Å²) in [5, 5.41) is 7.77. The van der Waals surface area contributed by atoms with Gasteiger partial charge in [-0.1, -0.05) is 0 Å². The van der Waals surface area contributed by atoms with Crippen LogP contribution in [0.5, 0.6) is 0 Å². The van der Waals surface area contributed by atoms with Gasteiger partial charge in [-0.3, -0.25) is 0 Å². The monoisotopic (exact) mass is 121 g/mol. The molecule has 4 heavy (non-hydrogen) atoms. The molecular formula is CH3BBrO. The Morgan fingerprint density at radius 1 is 2.00 bits per heavy atom. The molecule has 0 atom stereocenters. The van der Waals surface area contributed by atoms with Crippen LogP contribution < -0.4 is 0 Å². The standard InChI is InChI=1S/CH3BBrO/c3-2-1-4/h4H,1H2. The fourth-order valence-electron chi connectivity index (χ4n) is 0. The first-order chi connectivity index (χ1) is 1.91. The Kier molecular flexibility index (Phi) is 3.95. The number of hydrogen-bond donors (Lipinski definition) is 1. The first-order valence-corrected chi connectivity index (χ1v) is 1.86. The lowest BCUT2D eigenvalue weighted by molar-refractivity contribution is 0.368. The van der Waals surface area contributed by atoms with Crippen molar-refractivity contribution >= 4 is 21.9 Å². The molecule has 1 nitrogen and oxygen atoms in total. The van der Waals surface area contributed by atoms with Gasteiger partial charge in [0.15, 0.2) is 0 Å². The van der Waals surface area contributed by atoms with Crippen LogP contribution in [-0.2, 0) is 0 Å². The van der Waals surface area contributed by atoms with Crippen LogP contribution in [-0.4, -0.2) is 17.7 Å². The van der Waals surface area contributed by atoms with Gasteiger partial charge in [-0.15, -0.1) is 0 Å². The third kappa shape index (κ3) is 2.50. The number of rotatable bonds is 1. The first-order valence-electron chi connectivity index (χ1n) is 0.943. The number of halogens is 1. The van der Waals surface area contributed by atoms with E-state index in [1.54, 1.807) is 0 Å².